The van der Waals surface area contributed by atoms with Crippen LogP contribution in [0.3, 0.4) is 0 Å². The van der Waals surface area contributed by atoms with Crippen LogP contribution in [0.5, 0.6) is 0 Å². The molecular formula is C21H17ClF2N6OS. The van der Waals surface area contributed by atoms with Crippen LogP contribution in [0, 0.1) is 17.2 Å². The molecule has 1 aromatic heterocycles. The highest BCUT2D eigenvalue weighted by Gasteiger charge is 2.46. The Kier molecular flexibility index (Phi) is 4.51. The van der Waals surface area contributed by atoms with Gasteiger partial charge in [0.2, 0.25) is 0 Å². The Morgan fingerprint density at radius 2 is 2.25 bits per heavy atom. The number of nitrogens with one attached hydrogen (secondary N) is 1. The maximum Gasteiger partial charge on any atom is 0.167 e. The molecule has 0 amide bonds. The third kappa shape index (κ3) is 2.68. The molecule has 5 atom stereocenters. The van der Waals surface area contributed by atoms with Gasteiger partial charge in [-0.3, -0.25) is 0 Å². The number of ether oxygens (including phenoxy) is 1. The molecule has 4 heterocycles. The molecule has 7 nitrogen and oxygen atoms in total. The molecule has 4 unspecified atom stereocenters. The van der Waals surface area contributed by atoms with Crippen LogP contribution < -0.4 is 11.1 Å². The van der Waals surface area contributed by atoms with E-state index in [1.807, 2.05) is 4.57 Å². The van der Waals surface area contributed by atoms with Crippen molar-refractivity contribution in [2.45, 2.75) is 29.4 Å². The first-order valence-electron chi connectivity index (χ1n) is 10.2. The van der Waals surface area contributed by atoms with E-state index in [1.54, 1.807) is 0 Å². The van der Waals surface area contributed by atoms with Crippen LogP contribution in [-0.4, -0.2) is 44.7 Å². The minimum atomic E-state index is -1.33. The molecule has 6 rings (SSSR count). The first kappa shape index (κ1) is 20.0. The SMILES string of the molecule is N#CC1=C(N)SC2C1=C(C1C(F)=CC3=C(OC[C@H]4CNCc5nnc3n54)C1Cl)C=CC2F. The predicted molar refractivity (Wildman–Crippen MR) is 115 cm³/mol. The van der Waals surface area contributed by atoms with Gasteiger partial charge in [-0.1, -0.05) is 17.8 Å². The van der Waals surface area contributed by atoms with Crippen LogP contribution in [0.1, 0.15) is 17.7 Å². The first-order chi connectivity index (χ1) is 15.5. The molecule has 5 aliphatic rings. The monoisotopic (exact) mass is 474 g/mol. The van der Waals surface area contributed by atoms with E-state index in [9.17, 15) is 9.65 Å². The van der Waals surface area contributed by atoms with E-state index in [0.29, 0.717) is 48.0 Å². The summed E-state index contributed by atoms with van der Waals surface area (Å²) in [4.78, 5) is 0. The number of hydrogen-bond donors (Lipinski definition) is 2. The van der Waals surface area contributed by atoms with E-state index in [-0.39, 0.29) is 16.6 Å². The number of nitrogens with two attached hydrogens (primary N) is 1. The van der Waals surface area contributed by atoms with Crippen LogP contribution in [0.15, 0.2) is 51.6 Å². The third-order valence-corrected chi connectivity index (χ3v) is 8.07. The van der Waals surface area contributed by atoms with Crippen molar-refractivity contribution in [3.63, 3.8) is 0 Å². The van der Waals surface area contributed by atoms with Gasteiger partial charge in [-0.05, 0) is 23.3 Å². The number of alkyl halides is 2. The second kappa shape index (κ2) is 7.20. The molecule has 0 spiro atoms. The van der Waals surface area contributed by atoms with E-state index in [4.69, 9.17) is 22.1 Å². The first-order valence-corrected chi connectivity index (χ1v) is 11.5. The number of allylic oxidation sites excluding steroid dienone is 8. The highest BCUT2D eigenvalue weighted by atomic mass is 35.5. The molecule has 1 aromatic rings. The minimum absolute atomic E-state index is 0.0411. The highest BCUT2D eigenvalue weighted by molar-refractivity contribution is 8.04. The molecule has 11 heteroatoms. The summed E-state index contributed by atoms with van der Waals surface area (Å²) in [5, 5.41) is 20.1. The maximum absolute atomic E-state index is 15.7. The zero-order valence-corrected chi connectivity index (χ0v) is 18.1. The highest BCUT2D eigenvalue weighted by Crippen LogP contribution is 2.51. The largest absolute Gasteiger partial charge is 0.493 e. The van der Waals surface area contributed by atoms with Crippen molar-refractivity contribution in [1.29, 1.82) is 5.26 Å². The normalized spacial score (nSPS) is 33.2. The fourth-order valence-corrected chi connectivity index (χ4v) is 6.56. The molecule has 2 aliphatic carbocycles. The van der Waals surface area contributed by atoms with Gasteiger partial charge in [0.05, 0.1) is 39.9 Å². The molecule has 0 bridgehead atoms. The van der Waals surface area contributed by atoms with Crippen LogP contribution in [0.2, 0.25) is 0 Å². The number of thioether (sulfide) groups is 1. The van der Waals surface area contributed by atoms with Gasteiger partial charge in [-0.25, -0.2) is 8.78 Å². The second-order valence-electron chi connectivity index (χ2n) is 8.15. The van der Waals surface area contributed by atoms with Gasteiger partial charge in [0, 0.05) is 6.54 Å². The van der Waals surface area contributed by atoms with Gasteiger partial charge in [-0.15, -0.1) is 21.8 Å². The summed E-state index contributed by atoms with van der Waals surface area (Å²) in [5.41, 5.74) is 7.49. The van der Waals surface area contributed by atoms with Crippen molar-refractivity contribution in [2.24, 2.45) is 11.7 Å². The molecule has 3 N–H and O–H groups in total. The Morgan fingerprint density at radius 1 is 1.41 bits per heavy atom. The van der Waals surface area contributed by atoms with Crippen molar-refractivity contribution in [1.82, 2.24) is 20.1 Å². The summed E-state index contributed by atoms with van der Waals surface area (Å²) in [5.74, 6) is 0.240. The maximum atomic E-state index is 15.7. The fourth-order valence-electron chi connectivity index (χ4n) is 4.98. The lowest BCUT2D eigenvalue weighted by atomic mass is 9.79. The second-order valence-corrected chi connectivity index (χ2v) is 9.81. The van der Waals surface area contributed by atoms with Gasteiger partial charge in [0.15, 0.2) is 5.82 Å². The smallest absolute Gasteiger partial charge is 0.167 e. The number of halogens is 3. The van der Waals surface area contributed by atoms with E-state index in [2.05, 4.69) is 21.6 Å². The van der Waals surface area contributed by atoms with Crippen molar-refractivity contribution in [2.75, 3.05) is 13.2 Å². The molecule has 32 heavy (non-hydrogen) atoms. The van der Waals surface area contributed by atoms with Crippen LogP contribution in [0.4, 0.5) is 8.78 Å². The molecule has 164 valence electrons. The van der Waals surface area contributed by atoms with Crippen LogP contribution in [-0.2, 0) is 11.3 Å². The Labute approximate surface area is 191 Å². The predicted octanol–water partition coefficient (Wildman–Crippen LogP) is 2.77. The molecule has 0 aromatic carbocycles. The minimum Gasteiger partial charge on any atom is -0.493 e. The topological polar surface area (TPSA) is 102 Å². The van der Waals surface area contributed by atoms with E-state index >= 15 is 4.39 Å². The van der Waals surface area contributed by atoms with Crippen molar-refractivity contribution >= 4 is 28.9 Å². The van der Waals surface area contributed by atoms with Gasteiger partial charge in [0.25, 0.3) is 0 Å². The standard InChI is InChI=1S/C21H17ClF2N6OS/c22-17-16(9-1-2-12(23)19-15(9)11(4-25)20(26)32-19)13(24)3-10-18(17)31-7-8-5-27-6-14-28-29-21(10)30(8)14/h1-3,8,12,16-17,19,27H,5-7,26H2/t8-,12?,16?,17?,19?/m1/s1. The summed E-state index contributed by atoms with van der Waals surface area (Å²) in [7, 11) is 0. The molecule has 3 aliphatic heterocycles. The lowest BCUT2D eigenvalue weighted by Gasteiger charge is -2.32. The van der Waals surface area contributed by atoms with Crippen molar-refractivity contribution < 1.29 is 13.5 Å². The number of nitriles is 1. The summed E-state index contributed by atoms with van der Waals surface area (Å²) >= 11 is 7.94. The van der Waals surface area contributed by atoms with Gasteiger partial charge in [-0.2, -0.15) is 5.26 Å². The van der Waals surface area contributed by atoms with E-state index in [0.717, 1.165) is 17.6 Å². The van der Waals surface area contributed by atoms with Crippen molar-refractivity contribution in [3.8, 4) is 6.07 Å². The zero-order chi connectivity index (χ0) is 22.1. The lowest BCUT2D eigenvalue weighted by molar-refractivity contribution is 0.153. The molecule has 0 saturated carbocycles. The molecule has 0 saturated heterocycles. The van der Waals surface area contributed by atoms with Gasteiger partial charge < -0.3 is 20.4 Å². The summed E-state index contributed by atoms with van der Waals surface area (Å²) in [6.45, 7) is 1.57. The quantitative estimate of drug-likeness (QED) is 0.603. The van der Waals surface area contributed by atoms with Crippen LogP contribution >= 0.6 is 23.4 Å². The molecule has 0 fully saturated rings. The Balaban J connectivity index is 1.48. The van der Waals surface area contributed by atoms with E-state index < -0.39 is 28.5 Å². The number of hydrogen-bond acceptors (Lipinski definition) is 7. The average Bonchev–Trinajstić information content (AvgIpc) is 3.31. The summed E-state index contributed by atoms with van der Waals surface area (Å²) < 4.78 is 38.4. The van der Waals surface area contributed by atoms with Crippen LogP contribution in [0.25, 0.3) is 5.57 Å². The third-order valence-electron chi connectivity index (χ3n) is 6.42. The van der Waals surface area contributed by atoms with Gasteiger partial charge in [0.1, 0.15) is 41.6 Å². The summed E-state index contributed by atoms with van der Waals surface area (Å²) in [6, 6.07) is 2.01. The number of nitrogens with zero attached hydrogens (tertiary/aromatic N) is 4. The lowest BCUT2D eigenvalue weighted by Crippen LogP contribution is -2.35. The number of rotatable bonds is 1. The Bertz CT molecular complexity index is 1240. The molecule has 0 radical (unpaired) electrons. The summed E-state index contributed by atoms with van der Waals surface area (Å²) in [6.07, 6.45) is 2.93. The molecular weight excluding hydrogens is 458 g/mol. The number of aromatic nitrogens is 3. The Hall–Kier alpha value is -2.61. The Morgan fingerprint density at radius 3 is 3.06 bits per heavy atom. The number of fused-ring (bicyclic) bond motifs is 2. The van der Waals surface area contributed by atoms with E-state index in [1.165, 1.54) is 18.2 Å². The fraction of sp³-hybridized carbons (Fsp3) is 0.381. The average molecular weight is 475 g/mol. The van der Waals surface area contributed by atoms with Gasteiger partial charge >= 0.3 is 0 Å². The van der Waals surface area contributed by atoms with Crippen molar-refractivity contribution in [3.05, 3.63) is 63.2 Å². The zero-order valence-electron chi connectivity index (χ0n) is 16.6.